The minimum atomic E-state index is 0.189. The molecule has 2 aliphatic rings. The molecule has 0 bridgehead atoms. The zero-order valence-corrected chi connectivity index (χ0v) is 15.8. The number of hydrogen-bond acceptors (Lipinski definition) is 4. The SMILES string of the molecule is CN=C(NCCN1CCN(C(C)=O)CC1)N1CCSC(C)(C)C1. The second-order valence-corrected chi connectivity index (χ2v) is 8.65. The molecule has 0 aromatic heterocycles. The number of thioether (sulfide) groups is 1. The van der Waals surface area contributed by atoms with E-state index in [1.807, 2.05) is 23.7 Å². The lowest BCUT2D eigenvalue weighted by Crippen LogP contribution is -2.53. The highest BCUT2D eigenvalue weighted by Crippen LogP contribution is 2.29. The van der Waals surface area contributed by atoms with Gasteiger partial charge in [0.1, 0.15) is 0 Å². The van der Waals surface area contributed by atoms with Gasteiger partial charge in [0.2, 0.25) is 5.91 Å². The summed E-state index contributed by atoms with van der Waals surface area (Å²) in [5, 5.41) is 3.50. The predicted molar refractivity (Wildman–Crippen MR) is 98.2 cm³/mol. The normalized spacial score (nSPS) is 23.0. The van der Waals surface area contributed by atoms with Crippen molar-refractivity contribution in [3.63, 3.8) is 0 Å². The van der Waals surface area contributed by atoms with Crippen LogP contribution in [0.15, 0.2) is 4.99 Å². The smallest absolute Gasteiger partial charge is 0.219 e. The first-order valence-corrected chi connectivity index (χ1v) is 9.47. The minimum Gasteiger partial charge on any atom is -0.355 e. The van der Waals surface area contributed by atoms with E-state index in [0.717, 1.165) is 64.1 Å². The van der Waals surface area contributed by atoms with Crippen molar-refractivity contribution in [2.75, 3.05) is 65.2 Å². The summed E-state index contributed by atoms with van der Waals surface area (Å²) in [6.45, 7) is 13.9. The monoisotopic (exact) mass is 341 g/mol. The zero-order valence-electron chi connectivity index (χ0n) is 15.0. The van der Waals surface area contributed by atoms with Crippen LogP contribution in [0, 0.1) is 0 Å². The topological polar surface area (TPSA) is 51.2 Å². The summed E-state index contributed by atoms with van der Waals surface area (Å²) in [6, 6.07) is 0. The van der Waals surface area contributed by atoms with Crippen molar-refractivity contribution in [2.45, 2.75) is 25.5 Å². The lowest BCUT2D eigenvalue weighted by atomic mass is 10.2. The van der Waals surface area contributed by atoms with Gasteiger partial charge in [-0.25, -0.2) is 0 Å². The van der Waals surface area contributed by atoms with E-state index >= 15 is 0 Å². The molecule has 1 N–H and O–H groups in total. The molecule has 132 valence electrons. The second kappa shape index (κ2) is 8.24. The van der Waals surface area contributed by atoms with E-state index in [-0.39, 0.29) is 5.91 Å². The van der Waals surface area contributed by atoms with Crippen molar-refractivity contribution in [3.05, 3.63) is 0 Å². The van der Waals surface area contributed by atoms with Crippen LogP contribution < -0.4 is 5.32 Å². The lowest BCUT2D eigenvalue weighted by Gasteiger charge is -2.39. The number of carbonyl (C=O) groups is 1. The standard InChI is InChI=1S/C16H31N5OS/c1-14(22)20-9-7-19(8-10-20)6-5-18-15(17-4)21-11-12-23-16(2,3)13-21/h5-13H2,1-4H3,(H,17,18). The molecule has 0 atom stereocenters. The van der Waals surface area contributed by atoms with E-state index in [0.29, 0.717) is 4.75 Å². The summed E-state index contributed by atoms with van der Waals surface area (Å²) in [6.07, 6.45) is 0. The first-order chi connectivity index (χ1) is 10.9. The van der Waals surface area contributed by atoms with Gasteiger partial charge >= 0.3 is 0 Å². The Morgan fingerprint density at radius 1 is 1.17 bits per heavy atom. The van der Waals surface area contributed by atoms with Gasteiger partial charge in [-0.2, -0.15) is 11.8 Å². The van der Waals surface area contributed by atoms with E-state index in [2.05, 4.69) is 34.0 Å². The third-order valence-electron chi connectivity index (χ3n) is 4.47. The van der Waals surface area contributed by atoms with E-state index in [9.17, 15) is 4.79 Å². The molecular weight excluding hydrogens is 310 g/mol. The predicted octanol–water partition coefficient (Wildman–Crippen LogP) is 0.553. The van der Waals surface area contributed by atoms with Crippen molar-refractivity contribution < 1.29 is 4.79 Å². The minimum absolute atomic E-state index is 0.189. The summed E-state index contributed by atoms with van der Waals surface area (Å²) in [5.74, 6) is 2.36. The van der Waals surface area contributed by atoms with Gasteiger partial charge in [-0.3, -0.25) is 14.7 Å². The van der Waals surface area contributed by atoms with Gasteiger partial charge in [0.05, 0.1) is 0 Å². The lowest BCUT2D eigenvalue weighted by molar-refractivity contribution is -0.130. The maximum absolute atomic E-state index is 11.3. The molecular formula is C16H31N5OS. The number of aliphatic imine (C=N–C) groups is 1. The van der Waals surface area contributed by atoms with E-state index in [1.165, 1.54) is 0 Å². The van der Waals surface area contributed by atoms with Crippen molar-refractivity contribution in [1.82, 2.24) is 20.0 Å². The maximum Gasteiger partial charge on any atom is 0.219 e. The molecule has 2 saturated heterocycles. The first kappa shape index (κ1) is 18.4. The number of carbonyl (C=O) groups excluding carboxylic acids is 1. The van der Waals surface area contributed by atoms with Crippen LogP contribution in [0.4, 0.5) is 0 Å². The Balaban J connectivity index is 1.71. The van der Waals surface area contributed by atoms with Crippen LogP contribution in [-0.2, 0) is 4.79 Å². The van der Waals surface area contributed by atoms with Crippen LogP contribution in [0.25, 0.3) is 0 Å². The van der Waals surface area contributed by atoms with Gasteiger partial charge in [0, 0.05) is 76.8 Å². The summed E-state index contributed by atoms with van der Waals surface area (Å²) in [7, 11) is 1.86. The van der Waals surface area contributed by atoms with Crippen molar-refractivity contribution in [3.8, 4) is 0 Å². The fourth-order valence-electron chi connectivity index (χ4n) is 3.14. The molecule has 23 heavy (non-hydrogen) atoms. The zero-order chi connectivity index (χ0) is 16.9. The molecule has 2 rings (SSSR count). The van der Waals surface area contributed by atoms with Crippen LogP contribution in [-0.4, -0.2) is 96.5 Å². The van der Waals surface area contributed by atoms with Gasteiger partial charge in [-0.15, -0.1) is 0 Å². The summed E-state index contributed by atoms with van der Waals surface area (Å²) in [4.78, 5) is 22.5. The Bertz CT molecular complexity index is 432. The van der Waals surface area contributed by atoms with Crippen LogP contribution in [0.1, 0.15) is 20.8 Å². The molecule has 0 unspecified atom stereocenters. The van der Waals surface area contributed by atoms with E-state index in [4.69, 9.17) is 0 Å². The fourth-order valence-corrected chi connectivity index (χ4v) is 4.25. The third kappa shape index (κ3) is 5.57. The highest BCUT2D eigenvalue weighted by molar-refractivity contribution is 8.00. The molecule has 0 radical (unpaired) electrons. The van der Waals surface area contributed by atoms with Crippen LogP contribution in [0.3, 0.4) is 0 Å². The molecule has 0 spiro atoms. The Morgan fingerprint density at radius 2 is 1.87 bits per heavy atom. The fraction of sp³-hybridized carbons (Fsp3) is 0.875. The van der Waals surface area contributed by atoms with Crippen molar-refractivity contribution in [2.24, 2.45) is 4.99 Å². The van der Waals surface area contributed by atoms with Crippen molar-refractivity contribution >= 4 is 23.6 Å². The Labute approximate surface area is 144 Å². The molecule has 6 nitrogen and oxygen atoms in total. The molecule has 0 aromatic carbocycles. The summed E-state index contributed by atoms with van der Waals surface area (Å²) in [5.41, 5.74) is 0. The molecule has 0 aliphatic carbocycles. The molecule has 2 fully saturated rings. The van der Waals surface area contributed by atoms with Gasteiger partial charge in [0.25, 0.3) is 0 Å². The highest BCUT2D eigenvalue weighted by atomic mass is 32.2. The Hall–Kier alpha value is -0.950. The number of rotatable bonds is 3. The van der Waals surface area contributed by atoms with Gasteiger partial charge in [-0.1, -0.05) is 0 Å². The van der Waals surface area contributed by atoms with E-state index in [1.54, 1.807) is 6.92 Å². The average molecular weight is 342 g/mol. The van der Waals surface area contributed by atoms with Crippen LogP contribution in [0.5, 0.6) is 0 Å². The highest BCUT2D eigenvalue weighted by Gasteiger charge is 2.28. The maximum atomic E-state index is 11.3. The Morgan fingerprint density at radius 3 is 2.43 bits per heavy atom. The largest absolute Gasteiger partial charge is 0.355 e. The molecule has 2 heterocycles. The number of piperazine rings is 1. The second-order valence-electron chi connectivity index (χ2n) is 6.85. The Kier molecular flexibility index (Phi) is 6.59. The average Bonchev–Trinajstić information content (AvgIpc) is 2.51. The number of amides is 1. The molecule has 7 heteroatoms. The van der Waals surface area contributed by atoms with Gasteiger partial charge in [-0.05, 0) is 13.8 Å². The number of nitrogens with zero attached hydrogens (tertiary/aromatic N) is 4. The van der Waals surface area contributed by atoms with Crippen LogP contribution >= 0.6 is 11.8 Å². The number of guanidine groups is 1. The van der Waals surface area contributed by atoms with Gasteiger partial charge in [0.15, 0.2) is 5.96 Å². The molecule has 0 saturated carbocycles. The number of nitrogens with one attached hydrogen (secondary N) is 1. The first-order valence-electron chi connectivity index (χ1n) is 8.49. The van der Waals surface area contributed by atoms with E-state index < -0.39 is 0 Å². The third-order valence-corrected chi connectivity index (χ3v) is 5.76. The number of hydrogen-bond donors (Lipinski definition) is 1. The van der Waals surface area contributed by atoms with Crippen LogP contribution in [0.2, 0.25) is 0 Å². The summed E-state index contributed by atoms with van der Waals surface area (Å²) < 4.78 is 0.291. The van der Waals surface area contributed by atoms with Gasteiger partial charge < -0.3 is 15.1 Å². The molecule has 1 amide bonds. The molecule has 2 aliphatic heterocycles. The summed E-state index contributed by atoms with van der Waals surface area (Å²) >= 11 is 2.04. The quantitative estimate of drug-likeness (QED) is 0.600. The molecule has 0 aromatic rings. The van der Waals surface area contributed by atoms with Crippen molar-refractivity contribution in [1.29, 1.82) is 0 Å².